The monoisotopic (exact) mass is 325 g/mol. The molecule has 2 rings (SSSR count). The molecule has 0 aliphatic heterocycles. The van der Waals surface area contributed by atoms with Crippen LogP contribution in [-0.2, 0) is 5.75 Å². The van der Waals surface area contributed by atoms with Gasteiger partial charge in [-0.3, -0.25) is 0 Å². The molecule has 2 unspecified atom stereocenters. The average molecular weight is 326 g/mol. The van der Waals surface area contributed by atoms with Crippen LogP contribution < -0.4 is 5.32 Å². The van der Waals surface area contributed by atoms with Gasteiger partial charge in [0.15, 0.2) is 5.82 Å². The highest BCUT2D eigenvalue weighted by atomic mass is 35.5. The molecule has 1 aromatic heterocycles. The summed E-state index contributed by atoms with van der Waals surface area (Å²) in [5.74, 6) is 2.27. The molecule has 114 valence electrons. The summed E-state index contributed by atoms with van der Waals surface area (Å²) in [6.45, 7) is 7.23. The van der Waals surface area contributed by atoms with Crippen molar-refractivity contribution in [2.24, 2.45) is 0 Å². The zero-order valence-electron chi connectivity index (χ0n) is 12.5. The lowest BCUT2D eigenvalue weighted by Crippen LogP contribution is -2.30. The predicted molar refractivity (Wildman–Crippen MR) is 86.9 cm³/mol. The predicted octanol–water partition coefficient (Wildman–Crippen LogP) is 4.12. The highest BCUT2D eigenvalue weighted by Gasteiger charge is 2.19. The number of nitrogens with zero attached hydrogens (tertiary/aromatic N) is 2. The lowest BCUT2D eigenvalue weighted by atomic mass is 10.0. The van der Waals surface area contributed by atoms with Crippen LogP contribution in [0.25, 0.3) is 0 Å². The van der Waals surface area contributed by atoms with E-state index >= 15 is 0 Å². The molecule has 21 heavy (non-hydrogen) atoms. The molecule has 0 aliphatic rings. The third-order valence-corrected chi connectivity index (χ3v) is 4.54. The van der Waals surface area contributed by atoms with E-state index in [4.69, 9.17) is 16.1 Å². The minimum atomic E-state index is 0.197. The molecule has 1 heterocycles. The van der Waals surface area contributed by atoms with E-state index in [1.54, 1.807) is 11.8 Å². The molecule has 0 saturated heterocycles. The standard InChI is InChI=1S/C15H20ClN3OS/c1-4-17-11(3)10(2)15-18-14(19-20-15)9-21-13-7-5-6-12(16)8-13/h5-8,10-11,17H,4,9H2,1-3H3. The maximum atomic E-state index is 5.97. The first kappa shape index (κ1) is 16.3. The van der Waals surface area contributed by atoms with Crippen molar-refractivity contribution >= 4 is 23.4 Å². The van der Waals surface area contributed by atoms with Crippen LogP contribution in [0.15, 0.2) is 33.7 Å². The highest BCUT2D eigenvalue weighted by Crippen LogP contribution is 2.25. The first-order valence-electron chi connectivity index (χ1n) is 7.04. The van der Waals surface area contributed by atoms with Gasteiger partial charge in [0, 0.05) is 16.0 Å². The van der Waals surface area contributed by atoms with Gasteiger partial charge < -0.3 is 9.84 Å². The second kappa shape index (κ2) is 7.82. The van der Waals surface area contributed by atoms with E-state index in [-0.39, 0.29) is 5.92 Å². The summed E-state index contributed by atoms with van der Waals surface area (Å²) in [5.41, 5.74) is 0. The van der Waals surface area contributed by atoms with Crippen molar-refractivity contribution < 1.29 is 4.52 Å². The van der Waals surface area contributed by atoms with Gasteiger partial charge in [-0.2, -0.15) is 4.98 Å². The van der Waals surface area contributed by atoms with Crippen molar-refractivity contribution in [3.8, 4) is 0 Å². The second-order valence-corrected chi connectivity index (χ2v) is 6.42. The summed E-state index contributed by atoms with van der Waals surface area (Å²) >= 11 is 7.61. The van der Waals surface area contributed by atoms with Gasteiger partial charge in [-0.15, -0.1) is 11.8 Å². The van der Waals surface area contributed by atoms with Crippen LogP contribution in [0.5, 0.6) is 0 Å². The summed E-state index contributed by atoms with van der Waals surface area (Å²) in [4.78, 5) is 5.58. The van der Waals surface area contributed by atoms with Crippen LogP contribution in [0.3, 0.4) is 0 Å². The van der Waals surface area contributed by atoms with E-state index in [0.29, 0.717) is 23.5 Å². The van der Waals surface area contributed by atoms with Crippen molar-refractivity contribution in [1.29, 1.82) is 0 Å². The number of hydrogen-bond acceptors (Lipinski definition) is 5. The highest BCUT2D eigenvalue weighted by molar-refractivity contribution is 7.98. The van der Waals surface area contributed by atoms with E-state index < -0.39 is 0 Å². The maximum Gasteiger partial charge on any atom is 0.231 e. The summed E-state index contributed by atoms with van der Waals surface area (Å²) in [6.07, 6.45) is 0. The largest absolute Gasteiger partial charge is 0.339 e. The Labute approximate surface area is 134 Å². The van der Waals surface area contributed by atoms with Crippen molar-refractivity contribution in [1.82, 2.24) is 15.5 Å². The lowest BCUT2D eigenvalue weighted by Gasteiger charge is -2.16. The number of rotatable bonds is 7. The molecule has 0 amide bonds. The SMILES string of the molecule is CCNC(C)C(C)c1nc(CSc2cccc(Cl)c2)no1. The number of benzene rings is 1. The van der Waals surface area contributed by atoms with E-state index in [2.05, 4.69) is 36.2 Å². The molecule has 0 radical (unpaired) electrons. The van der Waals surface area contributed by atoms with Crippen molar-refractivity contribution in [3.05, 3.63) is 41.0 Å². The zero-order chi connectivity index (χ0) is 15.2. The normalized spacial score (nSPS) is 14.1. The third kappa shape index (κ3) is 4.73. The van der Waals surface area contributed by atoms with Gasteiger partial charge >= 0.3 is 0 Å². The summed E-state index contributed by atoms with van der Waals surface area (Å²) in [5, 5.41) is 8.16. The van der Waals surface area contributed by atoms with E-state index in [9.17, 15) is 0 Å². The molecule has 6 heteroatoms. The number of likely N-dealkylation sites (N-methyl/N-ethyl adjacent to an activating group) is 1. The molecule has 0 bridgehead atoms. The number of hydrogen-bond donors (Lipinski definition) is 1. The number of thioether (sulfide) groups is 1. The fourth-order valence-corrected chi connectivity index (χ4v) is 2.98. The minimum Gasteiger partial charge on any atom is -0.339 e. The molecule has 0 fully saturated rings. The van der Waals surface area contributed by atoms with Gasteiger partial charge in [0.2, 0.25) is 5.89 Å². The molecule has 0 aliphatic carbocycles. The average Bonchev–Trinajstić information content (AvgIpc) is 2.93. The van der Waals surface area contributed by atoms with Crippen LogP contribution in [0.2, 0.25) is 5.02 Å². The maximum absolute atomic E-state index is 5.97. The van der Waals surface area contributed by atoms with Gasteiger partial charge in [-0.05, 0) is 31.7 Å². The van der Waals surface area contributed by atoms with Crippen LogP contribution >= 0.6 is 23.4 Å². The Morgan fingerprint density at radius 1 is 1.38 bits per heavy atom. The Kier molecular flexibility index (Phi) is 6.08. The Morgan fingerprint density at radius 2 is 2.19 bits per heavy atom. The summed E-state index contributed by atoms with van der Waals surface area (Å²) < 4.78 is 5.37. The van der Waals surface area contributed by atoms with Crippen LogP contribution in [0, 0.1) is 0 Å². The number of aromatic nitrogens is 2. The van der Waals surface area contributed by atoms with Crippen molar-refractivity contribution in [2.45, 2.75) is 43.4 Å². The molecule has 2 atom stereocenters. The Hall–Kier alpha value is -1.04. The van der Waals surface area contributed by atoms with Gasteiger partial charge in [-0.25, -0.2) is 0 Å². The van der Waals surface area contributed by atoms with Crippen LogP contribution in [0.1, 0.15) is 38.4 Å². The smallest absolute Gasteiger partial charge is 0.231 e. The zero-order valence-corrected chi connectivity index (χ0v) is 14.0. The second-order valence-electron chi connectivity index (χ2n) is 4.93. The van der Waals surface area contributed by atoms with Crippen molar-refractivity contribution in [3.63, 3.8) is 0 Å². The molecular weight excluding hydrogens is 306 g/mol. The fraction of sp³-hybridized carbons (Fsp3) is 0.467. The number of halogens is 1. The number of nitrogens with one attached hydrogen (secondary N) is 1. The molecule has 1 aromatic carbocycles. The topological polar surface area (TPSA) is 51.0 Å². The van der Waals surface area contributed by atoms with Gasteiger partial charge in [0.05, 0.1) is 11.7 Å². The molecule has 0 saturated carbocycles. The Balaban J connectivity index is 1.94. The molecule has 2 aromatic rings. The fourth-order valence-electron chi connectivity index (χ4n) is 1.93. The van der Waals surface area contributed by atoms with Gasteiger partial charge in [-0.1, -0.05) is 36.7 Å². The van der Waals surface area contributed by atoms with Crippen LogP contribution in [-0.4, -0.2) is 22.7 Å². The summed E-state index contributed by atoms with van der Waals surface area (Å²) in [7, 11) is 0. The first-order valence-corrected chi connectivity index (χ1v) is 8.40. The minimum absolute atomic E-state index is 0.197. The molecule has 4 nitrogen and oxygen atoms in total. The van der Waals surface area contributed by atoms with Crippen LogP contribution in [0.4, 0.5) is 0 Å². The molecular formula is C15H20ClN3OS. The molecule has 1 N–H and O–H groups in total. The van der Waals surface area contributed by atoms with Crippen molar-refractivity contribution in [2.75, 3.05) is 6.54 Å². The Bertz CT molecular complexity index is 576. The summed E-state index contributed by atoms with van der Waals surface area (Å²) in [6, 6.07) is 8.06. The van der Waals surface area contributed by atoms with Gasteiger partial charge in [0.1, 0.15) is 0 Å². The van der Waals surface area contributed by atoms with E-state index in [1.807, 2.05) is 24.3 Å². The third-order valence-electron chi connectivity index (χ3n) is 3.31. The van der Waals surface area contributed by atoms with E-state index in [1.165, 1.54) is 0 Å². The van der Waals surface area contributed by atoms with E-state index in [0.717, 1.165) is 16.5 Å². The lowest BCUT2D eigenvalue weighted by molar-refractivity contribution is 0.330. The first-order chi connectivity index (χ1) is 10.1. The quantitative estimate of drug-likeness (QED) is 0.776. The Morgan fingerprint density at radius 3 is 2.90 bits per heavy atom. The molecule has 0 spiro atoms. The van der Waals surface area contributed by atoms with Gasteiger partial charge in [0.25, 0.3) is 0 Å².